The molecular formula is C20H23N3O5. The first-order chi connectivity index (χ1) is 13.4. The second-order valence-corrected chi connectivity index (χ2v) is 5.91. The molecule has 2 N–H and O–H groups in total. The Morgan fingerprint density at radius 2 is 1.54 bits per heavy atom. The first-order valence-electron chi connectivity index (χ1n) is 8.41. The lowest BCUT2D eigenvalue weighted by Gasteiger charge is -2.12. The van der Waals surface area contributed by atoms with Gasteiger partial charge in [-0.2, -0.15) is 5.10 Å². The van der Waals surface area contributed by atoms with Gasteiger partial charge in [0.05, 0.1) is 27.5 Å². The van der Waals surface area contributed by atoms with Gasteiger partial charge >= 0.3 is 11.8 Å². The zero-order valence-corrected chi connectivity index (χ0v) is 16.5. The van der Waals surface area contributed by atoms with Crippen LogP contribution in [0.4, 0.5) is 5.69 Å². The van der Waals surface area contributed by atoms with E-state index in [0.29, 0.717) is 28.5 Å². The molecule has 148 valence electrons. The van der Waals surface area contributed by atoms with E-state index in [2.05, 4.69) is 15.8 Å². The summed E-state index contributed by atoms with van der Waals surface area (Å²) in [6.07, 6.45) is 1.37. The fourth-order valence-electron chi connectivity index (χ4n) is 2.40. The van der Waals surface area contributed by atoms with E-state index in [-0.39, 0.29) is 0 Å². The van der Waals surface area contributed by atoms with E-state index in [4.69, 9.17) is 14.2 Å². The molecule has 0 heterocycles. The molecule has 0 atom stereocenters. The Kier molecular flexibility index (Phi) is 6.97. The van der Waals surface area contributed by atoms with Gasteiger partial charge in [-0.1, -0.05) is 6.07 Å². The fourth-order valence-corrected chi connectivity index (χ4v) is 2.40. The smallest absolute Gasteiger partial charge is 0.329 e. The molecule has 0 aliphatic rings. The van der Waals surface area contributed by atoms with Gasteiger partial charge in [0.1, 0.15) is 0 Å². The number of methoxy groups -OCH3 is 3. The van der Waals surface area contributed by atoms with Crippen molar-refractivity contribution in [1.82, 2.24) is 5.43 Å². The molecule has 2 aromatic carbocycles. The predicted octanol–water partition coefficient (Wildman–Crippen LogP) is 2.42. The van der Waals surface area contributed by atoms with Gasteiger partial charge in [-0.25, -0.2) is 5.43 Å². The van der Waals surface area contributed by atoms with Crippen LogP contribution in [0, 0.1) is 13.8 Å². The van der Waals surface area contributed by atoms with Crippen LogP contribution in [0.3, 0.4) is 0 Å². The van der Waals surface area contributed by atoms with Gasteiger partial charge in [0.15, 0.2) is 11.5 Å². The lowest BCUT2D eigenvalue weighted by molar-refractivity contribution is -0.136. The third-order valence-corrected chi connectivity index (χ3v) is 4.04. The number of hydrazone groups is 1. The molecule has 0 bridgehead atoms. The van der Waals surface area contributed by atoms with Gasteiger partial charge in [0.25, 0.3) is 0 Å². The van der Waals surface area contributed by atoms with Gasteiger partial charge in [-0.15, -0.1) is 0 Å². The van der Waals surface area contributed by atoms with E-state index in [1.165, 1.54) is 27.5 Å². The summed E-state index contributed by atoms with van der Waals surface area (Å²) in [4.78, 5) is 23.9. The molecule has 8 nitrogen and oxygen atoms in total. The van der Waals surface area contributed by atoms with Crippen molar-refractivity contribution in [2.45, 2.75) is 13.8 Å². The maximum atomic E-state index is 12.0. The van der Waals surface area contributed by atoms with Crippen LogP contribution < -0.4 is 25.0 Å². The maximum absolute atomic E-state index is 12.0. The largest absolute Gasteiger partial charge is 0.493 e. The van der Waals surface area contributed by atoms with Crippen molar-refractivity contribution in [3.8, 4) is 17.2 Å². The number of carbonyl (C=O) groups excluding carboxylic acids is 2. The Bertz CT molecular complexity index is 884. The molecule has 0 saturated heterocycles. The van der Waals surface area contributed by atoms with Crippen LogP contribution in [0.5, 0.6) is 17.2 Å². The van der Waals surface area contributed by atoms with Crippen LogP contribution in [-0.4, -0.2) is 39.4 Å². The van der Waals surface area contributed by atoms with Crippen molar-refractivity contribution < 1.29 is 23.8 Å². The number of hydrogen-bond donors (Lipinski definition) is 2. The quantitative estimate of drug-likeness (QED) is 0.452. The van der Waals surface area contributed by atoms with E-state index < -0.39 is 11.8 Å². The van der Waals surface area contributed by atoms with E-state index in [9.17, 15) is 9.59 Å². The number of nitrogens with zero attached hydrogens (tertiary/aromatic N) is 1. The summed E-state index contributed by atoms with van der Waals surface area (Å²) in [5, 5.41) is 6.33. The maximum Gasteiger partial charge on any atom is 0.329 e. The van der Waals surface area contributed by atoms with Crippen molar-refractivity contribution in [3.05, 3.63) is 47.0 Å². The molecule has 2 amide bonds. The highest BCUT2D eigenvalue weighted by Crippen LogP contribution is 2.37. The number of anilines is 1. The fraction of sp³-hybridized carbons (Fsp3) is 0.250. The number of amides is 2. The number of nitrogens with one attached hydrogen (secondary N) is 2. The molecule has 2 aromatic rings. The molecule has 0 aliphatic heterocycles. The van der Waals surface area contributed by atoms with Crippen molar-refractivity contribution >= 4 is 23.7 Å². The Balaban J connectivity index is 2.04. The lowest BCUT2D eigenvalue weighted by Crippen LogP contribution is -2.32. The van der Waals surface area contributed by atoms with Crippen LogP contribution in [0.25, 0.3) is 0 Å². The number of benzene rings is 2. The third-order valence-electron chi connectivity index (χ3n) is 4.04. The number of ether oxygens (including phenoxy) is 3. The van der Waals surface area contributed by atoms with E-state index >= 15 is 0 Å². The highest BCUT2D eigenvalue weighted by atomic mass is 16.5. The summed E-state index contributed by atoms with van der Waals surface area (Å²) in [5.74, 6) is -0.365. The Hall–Kier alpha value is -3.55. The topological polar surface area (TPSA) is 98.2 Å². The second-order valence-electron chi connectivity index (χ2n) is 5.91. The van der Waals surface area contributed by atoms with Crippen LogP contribution in [0.15, 0.2) is 35.4 Å². The average molecular weight is 385 g/mol. The lowest BCUT2D eigenvalue weighted by atomic mass is 10.1. The van der Waals surface area contributed by atoms with Crippen molar-refractivity contribution in [2.75, 3.05) is 26.6 Å². The second kappa shape index (κ2) is 9.40. The summed E-state index contributed by atoms with van der Waals surface area (Å²) in [5.41, 5.74) is 5.42. The van der Waals surface area contributed by atoms with Crippen LogP contribution in [-0.2, 0) is 9.59 Å². The highest BCUT2D eigenvalue weighted by molar-refractivity contribution is 6.39. The van der Waals surface area contributed by atoms with E-state index in [1.54, 1.807) is 24.3 Å². The zero-order valence-electron chi connectivity index (χ0n) is 16.5. The molecule has 8 heteroatoms. The minimum atomic E-state index is -0.887. The van der Waals surface area contributed by atoms with Gasteiger partial charge in [0.2, 0.25) is 5.75 Å². The molecule has 0 aliphatic carbocycles. The van der Waals surface area contributed by atoms with Crippen molar-refractivity contribution in [2.24, 2.45) is 5.10 Å². The molecule has 0 spiro atoms. The summed E-state index contributed by atoms with van der Waals surface area (Å²) in [6.45, 7) is 3.89. The molecule has 28 heavy (non-hydrogen) atoms. The summed E-state index contributed by atoms with van der Waals surface area (Å²) < 4.78 is 15.7. The van der Waals surface area contributed by atoms with E-state index in [1.807, 2.05) is 19.9 Å². The zero-order chi connectivity index (χ0) is 20.7. The molecule has 0 aromatic heterocycles. The number of carbonyl (C=O) groups is 2. The van der Waals surface area contributed by atoms with Gasteiger partial charge in [-0.3, -0.25) is 9.59 Å². The van der Waals surface area contributed by atoms with Crippen LogP contribution >= 0.6 is 0 Å². The molecule has 0 saturated carbocycles. The first-order valence-corrected chi connectivity index (χ1v) is 8.41. The van der Waals surface area contributed by atoms with Gasteiger partial charge in [0, 0.05) is 11.3 Å². The molecule has 0 radical (unpaired) electrons. The normalized spacial score (nSPS) is 10.5. The van der Waals surface area contributed by atoms with Crippen molar-refractivity contribution in [1.29, 1.82) is 0 Å². The molecule has 0 fully saturated rings. The minimum absolute atomic E-state index is 0.443. The number of rotatable bonds is 6. The monoisotopic (exact) mass is 385 g/mol. The third kappa shape index (κ3) is 5.00. The highest BCUT2D eigenvalue weighted by Gasteiger charge is 2.14. The predicted molar refractivity (Wildman–Crippen MR) is 106 cm³/mol. The Morgan fingerprint density at radius 1 is 0.893 bits per heavy atom. The standard InChI is InChI=1S/C20H23N3O5/c1-12-6-7-15(8-13(12)2)22-19(24)20(25)23-21-11-14-9-16(26-3)18(28-5)17(10-14)27-4/h6-11H,1-5H3,(H,22,24)(H,23,25)/b21-11+. The average Bonchev–Trinajstić information content (AvgIpc) is 2.69. The first kappa shape index (κ1) is 20.8. The van der Waals surface area contributed by atoms with E-state index in [0.717, 1.165) is 11.1 Å². The Morgan fingerprint density at radius 3 is 2.07 bits per heavy atom. The summed E-state index contributed by atoms with van der Waals surface area (Å²) in [6, 6.07) is 8.70. The van der Waals surface area contributed by atoms with Crippen molar-refractivity contribution in [3.63, 3.8) is 0 Å². The minimum Gasteiger partial charge on any atom is -0.493 e. The van der Waals surface area contributed by atoms with Gasteiger partial charge < -0.3 is 19.5 Å². The SMILES string of the molecule is COc1cc(/C=N/NC(=O)C(=O)Nc2ccc(C)c(C)c2)cc(OC)c1OC. The van der Waals surface area contributed by atoms with Gasteiger partial charge in [-0.05, 0) is 49.2 Å². The molecule has 2 rings (SSSR count). The molecule has 0 unspecified atom stereocenters. The number of hydrogen-bond acceptors (Lipinski definition) is 6. The Labute approximate surface area is 163 Å². The number of aryl methyl sites for hydroxylation is 2. The summed E-state index contributed by atoms with van der Waals surface area (Å²) in [7, 11) is 4.50. The van der Waals surface area contributed by atoms with Crippen LogP contribution in [0.2, 0.25) is 0 Å². The van der Waals surface area contributed by atoms with Crippen LogP contribution in [0.1, 0.15) is 16.7 Å². The summed E-state index contributed by atoms with van der Waals surface area (Å²) >= 11 is 0. The molecular weight excluding hydrogens is 362 g/mol.